The van der Waals surface area contributed by atoms with Gasteiger partial charge in [-0.15, -0.1) is 0 Å². The van der Waals surface area contributed by atoms with Crippen LogP contribution in [-0.4, -0.2) is 142 Å². The summed E-state index contributed by atoms with van der Waals surface area (Å²) in [5.41, 5.74) is 0.168. The van der Waals surface area contributed by atoms with Crippen LogP contribution in [0, 0.1) is 29.6 Å². The van der Waals surface area contributed by atoms with Gasteiger partial charge in [0.15, 0.2) is 0 Å². The number of likely N-dealkylation sites (N-methyl/N-ethyl adjacent to an activating group) is 1. The summed E-state index contributed by atoms with van der Waals surface area (Å²) >= 11 is 0. The second kappa shape index (κ2) is 31.3. The van der Waals surface area contributed by atoms with Gasteiger partial charge in [-0.2, -0.15) is 0 Å². The summed E-state index contributed by atoms with van der Waals surface area (Å²) in [4.78, 5) is 99.7. The van der Waals surface area contributed by atoms with Crippen molar-refractivity contribution < 1.29 is 52.5 Å². The molecule has 7 N–H and O–H groups in total. The minimum atomic E-state index is -1.42. The Morgan fingerprint density at radius 1 is 0.760 bits per heavy atom. The van der Waals surface area contributed by atoms with E-state index in [9.17, 15) is 33.6 Å². The SMILES string of the molecule is CCC[C@H]1C(=O)N[C@@H](C2CCCCCC2)C(=O)N[C@@H](CNC(=O)OCc2ccccc2)C(=O)N[C@@H](COCCCNCCCNC(=O)OC(C)(C)C)C(=O)N[C@H](C)CO[C@H](C[C@@H]2C[C@@H]3CC[C@@H](C3)C2)[C@@H](C)C(=O)N1C. The molecule has 0 unspecified atom stereocenters. The first-order chi connectivity index (χ1) is 35.9. The molecule has 0 spiro atoms. The van der Waals surface area contributed by atoms with Gasteiger partial charge < -0.3 is 61.1 Å². The van der Waals surface area contributed by atoms with Crippen molar-refractivity contribution in [1.82, 2.24) is 42.1 Å². The minimum Gasteiger partial charge on any atom is -0.445 e. The maximum Gasteiger partial charge on any atom is 0.407 e. The third-order valence-corrected chi connectivity index (χ3v) is 15.1. The Bertz CT molecular complexity index is 1950. The van der Waals surface area contributed by atoms with E-state index in [1.165, 1.54) is 24.2 Å². The van der Waals surface area contributed by atoms with Crippen LogP contribution >= 0.6 is 0 Å². The molecule has 19 nitrogen and oxygen atoms in total. The van der Waals surface area contributed by atoms with E-state index in [0.29, 0.717) is 82.3 Å². The van der Waals surface area contributed by atoms with Crippen LogP contribution in [0.2, 0.25) is 0 Å². The van der Waals surface area contributed by atoms with Gasteiger partial charge in [0.25, 0.3) is 0 Å². The largest absolute Gasteiger partial charge is 0.445 e. The lowest BCUT2D eigenvalue weighted by atomic mass is 9.77. The van der Waals surface area contributed by atoms with Crippen LogP contribution < -0.4 is 37.2 Å². The fourth-order valence-corrected chi connectivity index (χ4v) is 11.2. The molecule has 1 saturated heterocycles. The number of carbonyl (C=O) groups is 7. The van der Waals surface area contributed by atoms with Crippen molar-refractivity contribution in [2.45, 2.75) is 193 Å². The molecule has 422 valence electrons. The number of nitrogens with zero attached hydrogens (tertiary/aromatic N) is 1. The molecule has 19 heteroatoms. The first-order valence-corrected chi connectivity index (χ1v) is 28.2. The molecule has 75 heavy (non-hydrogen) atoms. The molecule has 3 saturated carbocycles. The van der Waals surface area contributed by atoms with Gasteiger partial charge in [0.1, 0.15) is 36.4 Å². The number of alkyl carbamates (subject to hydrolysis) is 2. The highest BCUT2D eigenvalue weighted by molar-refractivity contribution is 5.96. The molecule has 10 atom stereocenters. The second-order valence-electron chi connectivity index (χ2n) is 22.7. The summed E-state index contributed by atoms with van der Waals surface area (Å²) in [6.45, 7) is 12.3. The van der Waals surface area contributed by atoms with E-state index >= 15 is 0 Å². The number of rotatable bonds is 19. The van der Waals surface area contributed by atoms with Crippen molar-refractivity contribution in [3.63, 3.8) is 0 Å². The van der Waals surface area contributed by atoms with Crippen molar-refractivity contribution in [3.8, 4) is 0 Å². The van der Waals surface area contributed by atoms with Gasteiger partial charge >= 0.3 is 12.2 Å². The highest BCUT2D eigenvalue weighted by Crippen LogP contribution is 2.46. The first kappa shape index (κ1) is 60.9. The van der Waals surface area contributed by atoms with E-state index in [4.69, 9.17) is 18.9 Å². The molecular weight excluding hydrogens is 961 g/mol. The smallest absolute Gasteiger partial charge is 0.407 e. The summed E-state index contributed by atoms with van der Waals surface area (Å²) in [5.74, 6) is -1.81. The average molecular weight is 1050 g/mol. The molecule has 1 aromatic carbocycles. The van der Waals surface area contributed by atoms with Crippen LogP contribution in [0.4, 0.5) is 9.59 Å². The predicted molar refractivity (Wildman–Crippen MR) is 285 cm³/mol. The molecule has 7 amide bonds. The van der Waals surface area contributed by atoms with Gasteiger partial charge in [0.2, 0.25) is 29.5 Å². The number of benzene rings is 1. The molecule has 2 bridgehead atoms. The number of hydrogen-bond acceptors (Lipinski definition) is 12. The maximum atomic E-state index is 14.8. The zero-order valence-corrected chi connectivity index (χ0v) is 46.1. The molecule has 1 aromatic rings. The van der Waals surface area contributed by atoms with Crippen LogP contribution in [0.25, 0.3) is 0 Å². The molecular formula is C56H92N8O11. The van der Waals surface area contributed by atoms with Gasteiger partial charge in [-0.25, -0.2) is 9.59 Å². The molecule has 3 aliphatic carbocycles. The van der Waals surface area contributed by atoms with E-state index in [1.54, 1.807) is 46.9 Å². The summed E-state index contributed by atoms with van der Waals surface area (Å²) in [6.07, 6.45) is 11.9. The van der Waals surface area contributed by atoms with Crippen molar-refractivity contribution in [2.24, 2.45) is 29.6 Å². The Balaban J connectivity index is 1.38. The highest BCUT2D eigenvalue weighted by atomic mass is 16.6. The lowest BCUT2D eigenvalue weighted by Crippen LogP contribution is -2.62. The van der Waals surface area contributed by atoms with Gasteiger partial charge in [-0.3, -0.25) is 24.0 Å². The van der Waals surface area contributed by atoms with E-state index < -0.39 is 90.2 Å². The number of carbonyl (C=O) groups excluding carboxylic acids is 7. The Labute approximate surface area is 446 Å². The summed E-state index contributed by atoms with van der Waals surface area (Å²) in [6, 6.07) is 3.91. The number of fused-ring (bicyclic) bond motifs is 2. The Morgan fingerprint density at radius 2 is 1.43 bits per heavy atom. The topological polar surface area (TPSA) is 244 Å². The number of hydrogen-bond donors (Lipinski definition) is 7. The van der Waals surface area contributed by atoms with Gasteiger partial charge in [0.05, 0.1) is 31.8 Å². The zero-order chi connectivity index (χ0) is 54.3. The second-order valence-corrected chi connectivity index (χ2v) is 22.7. The number of ether oxygens (including phenoxy) is 4. The maximum absolute atomic E-state index is 14.8. The van der Waals surface area contributed by atoms with Crippen molar-refractivity contribution in [3.05, 3.63) is 35.9 Å². The van der Waals surface area contributed by atoms with E-state index in [2.05, 4.69) is 37.2 Å². The molecule has 0 radical (unpaired) electrons. The predicted octanol–water partition coefficient (Wildman–Crippen LogP) is 5.63. The van der Waals surface area contributed by atoms with Crippen LogP contribution in [0.15, 0.2) is 30.3 Å². The molecule has 0 aromatic heterocycles. The Morgan fingerprint density at radius 3 is 2.11 bits per heavy atom. The quantitative estimate of drug-likeness (QED) is 0.0659. The monoisotopic (exact) mass is 1050 g/mol. The lowest BCUT2D eigenvalue weighted by Gasteiger charge is -2.36. The van der Waals surface area contributed by atoms with Gasteiger partial charge in [0, 0.05) is 26.2 Å². The molecule has 1 aliphatic heterocycles. The Hall–Kier alpha value is -5.01. The van der Waals surface area contributed by atoms with E-state index in [1.807, 2.05) is 32.0 Å². The van der Waals surface area contributed by atoms with Crippen LogP contribution in [0.3, 0.4) is 0 Å². The zero-order valence-electron chi connectivity index (χ0n) is 46.1. The fraction of sp³-hybridized carbons (Fsp3) is 0.768. The number of nitrogens with one attached hydrogen (secondary N) is 7. The Kier molecular flexibility index (Phi) is 25.4. The number of amides is 7. The molecule has 4 fully saturated rings. The van der Waals surface area contributed by atoms with E-state index in [0.717, 1.165) is 44.1 Å². The third kappa shape index (κ3) is 21.1. The molecule has 5 rings (SSSR count). The summed E-state index contributed by atoms with van der Waals surface area (Å²) < 4.78 is 23.5. The standard InChI is InChI=1S/C56H92N8O11/c1-8-18-46-51(67)63-48(43-21-14-9-10-15-22-43)52(68)61-44(33-59-54(70)74-35-39-19-12-11-13-20-39)49(65)62-45(36-72-28-17-26-57-25-16-27-58-55(71)75-56(4,5)6)50(66)60-37(2)34-73-47(38(3)53(69)64(46)7)32-42-30-40-23-24-41(29-40)31-42/h11-13,19-20,37-38,40-48,57H,8-10,14-18,21-36H2,1-7H3,(H,58,71)(H,59,70)(H,60,66)(H,61,68)(H,62,65)(H,63,67)/t37-,38-,40-,41+,42-,44+,45+,46+,47-,48+/m1/s1. The van der Waals surface area contributed by atoms with Gasteiger partial charge in [-0.1, -0.05) is 89.1 Å². The fourth-order valence-electron chi connectivity index (χ4n) is 11.2. The van der Waals surface area contributed by atoms with Crippen molar-refractivity contribution in [2.75, 3.05) is 53.0 Å². The lowest BCUT2D eigenvalue weighted by molar-refractivity contribution is -0.147. The summed E-state index contributed by atoms with van der Waals surface area (Å²) in [5, 5.41) is 20.4. The average Bonchev–Trinajstić information content (AvgIpc) is 3.51. The van der Waals surface area contributed by atoms with E-state index in [-0.39, 0.29) is 38.3 Å². The third-order valence-electron chi connectivity index (χ3n) is 15.1. The first-order valence-electron chi connectivity index (χ1n) is 28.2. The molecule has 4 aliphatic rings. The van der Waals surface area contributed by atoms with Crippen molar-refractivity contribution >= 4 is 41.7 Å². The molecule has 1 heterocycles. The van der Waals surface area contributed by atoms with Gasteiger partial charge in [-0.05, 0) is 128 Å². The van der Waals surface area contributed by atoms with Crippen LogP contribution in [-0.2, 0) is 49.5 Å². The highest BCUT2D eigenvalue weighted by Gasteiger charge is 2.41. The van der Waals surface area contributed by atoms with Crippen molar-refractivity contribution in [1.29, 1.82) is 0 Å². The van der Waals surface area contributed by atoms with Crippen LogP contribution in [0.5, 0.6) is 0 Å². The van der Waals surface area contributed by atoms with Crippen LogP contribution in [0.1, 0.15) is 150 Å². The summed E-state index contributed by atoms with van der Waals surface area (Å²) in [7, 11) is 1.65. The normalized spacial score (nSPS) is 28.0. The minimum absolute atomic E-state index is 0.0368.